The first-order valence-electron chi connectivity index (χ1n) is 18.3. The van der Waals surface area contributed by atoms with E-state index in [2.05, 4.69) is 67.0 Å². The van der Waals surface area contributed by atoms with Crippen molar-refractivity contribution in [3.63, 3.8) is 0 Å². The Hall–Kier alpha value is -1.99. The van der Waals surface area contributed by atoms with Crippen LogP contribution in [0.4, 0.5) is 0 Å². The number of hydrogen-bond donors (Lipinski definition) is 1. The zero-order valence-corrected chi connectivity index (χ0v) is 30.8. The van der Waals surface area contributed by atoms with Gasteiger partial charge in [0.05, 0.1) is 6.61 Å². The molecule has 0 fully saturated rings. The number of carbonyl (C=O) groups is 2. The number of esters is 2. The predicted molar refractivity (Wildman–Crippen MR) is 193 cm³/mol. The molecule has 0 amide bonds. The van der Waals surface area contributed by atoms with Gasteiger partial charge in [-0.2, -0.15) is 0 Å². The SMILES string of the molecule is CCC/C=C/C/C=C/CCCCCCCC(=O)O[C@H](COC(=O)CCCCCC/C=C/CC/C=C/CCCCC)COP(=O)(O)OC. The van der Waals surface area contributed by atoms with Gasteiger partial charge in [0, 0.05) is 20.0 Å². The van der Waals surface area contributed by atoms with Crippen LogP contribution in [0.25, 0.3) is 0 Å². The van der Waals surface area contributed by atoms with Crippen LogP contribution < -0.4 is 0 Å². The summed E-state index contributed by atoms with van der Waals surface area (Å²) >= 11 is 0. The Balaban J connectivity index is 4.14. The normalized spacial score (nSPS) is 14.0. The molecule has 0 rings (SSSR count). The minimum Gasteiger partial charge on any atom is -0.462 e. The van der Waals surface area contributed by atoms with E-state index in [0.717, 1.165) is 90.6 Å². The molecule has 8 nitrogen and oxygen atoms in total. The summed E-state index contributed by atoms with van der Waals surface area (Å²) in [4.78, 5) is 34.3. The zero-order valence-electron chi connectivity index (χ0n) is 29.9. The molecule has 9 heteroatoms. The second-order valence-electron chi connectivity index (χ2n) is 12.0. The molecule has 0 aliphatic rings. The summed E-state index contributed by atoms with van der Waals surface area (Å²) in [6.45, 7) is 3.75. The van der Waals surface area contributed by atoms with Crippen LogP contribution in [0.1, 0.15) is 155 Å². The maximum atomic E-state index is 12.4. The van der Waals surface area contributed by atoms with Crippen molar-refractivity contribution in [3.8, 4) is 0 Å². The lowest BCUT2D eigenvalue weighted by Crippen LogP contribution is -2.29. The lowest BCUT2D eigenvalue weighted by atomic mass is 10.1. The fourth-order valence-electron chi connectivity index (χ4n) is 4.65. The standard InChI is InChI=1S/C38H67O8P/c1-4-6-8-10-12-14-16-18-19-21-22-24-26-28-30-32-37(39)44-34-36(35-45-47(41,42)43-3)46-38(40)33-31-29-27-25-23-20-17-15-13-11-9-7-5-2/h9,11-12,14-15,17,19,21,36H,4-8,10,13,16,18,20,22-35H2,1-3H3,(H,41,42)/b11-9+,14-12+,17-15+,21-19+/t36-/m1/s1. The van der Waals surface area contributed by atoms with Gasteiger partial charge in [-0.3, -0.25) is 18.6 Å². The Morgan fingerprint density at radius 3 is 1.66 bits per heavy atom. The molecule has 0 spiro atoms. The molecule has 0 radical (unpaired) electrons. The lowest BCUT2D eigenvalue weighted by Gasteiger charge is -2.19. The van der Waals surface area contributed by atoms with Crippen LogP contribution in [0.5, 0.6) is 0 Å². The quantitative estimate of drug-likeness (QED) is 0.0315. The third-order valence-electron chi connectivity index (χ3n) is 7.50. The Morgan fingerprint density at radius 2 is 1.09 bits per heavy atom. The third kappa shape index (κ3) is 33.7. The van der Waals surface area contributed by atoms with Gasteiger partial charge in [-0.15, -0.1) is 0 Å². The van der Waals surface area contributed by atoms with Crippen molar-refractivity contribution in [1.29, 1.82) is 0 Å². The van der Waals surface area contributed by atoms with Gasteiger partial charge in [-0.25, -0.2) is 4.57 Å². The topological polar surface area (TPSA) is 108 Å². The van der Waals surface area contributed by atoms with E-state index >= 15 is 0 Å². The van der Waals surface area contributed by atoms with Crippen LogP contribution in [0.2, 0.25) is 0 Å². The molecular weight excluding hydrogens is 615 g/mol. The van der Waals surface area contributed by atoms with Crippen molar-refractivity contribution in [2.24, 2.45) is 0 Å². The molecule has 0 aromatic rings. The number of ether oxygens (including phenoxy) is 2. The molecule has 1 unspecified atom stereocenters. The second kappa shape index (κ2) is 33.9. The molecule has 0 aliphatic heterocycles. The van der Waals surface area contributed by atoms with Crippen molar-refractivity contribution >= 4 is 19.8 Å². The monoisotopic (exact) mass is 682 g/mol. The van der Waals surface area contributed by atoms with E-state index in [0.29, 0.717) is 12.8 Å². The molecule has 2 atom stereocenters. The minimum absolute atomic E-state index is 0.223. The van der Waals surface area contributed by atoms with Gasteiger partial charge in [0.25, 0.3) is 0 Å². The van der Waals surface area contributed by atoms with Gasteiger partial charge in [-0.05, 0) is 77.0 Å². The average Bonchev–Trinajstić information content (AvgIpc) is 3.06. The number of rotatable bonds is 33. The van der Waals surface area contributed by atoms with Crippen LogP contribution in [-0.2, 0) is 32.7 Å². The molecule has 0 aliphatic carbocycles. The number of hydrogen-bond acceptors (Lipinski definition) is 7. The van der Waals surface area contributed by atoms with Crippen molar-refractivity contribution in [2.45, 2.75) is 161 Å². The van der Waals surface area contributed by atoms with E-state index in [9.17, 15) is 19.0 Å². The van der Waals surface area contributed by atoms with Gasteiger partial charge < -0.3 is 14.4 Å². The smallest absolute Gasteiger partial charge is 0.462 e. The van der Waals surface area contributed by atoms with E-state index in [1.165, 1.54) is 32.1 Å². The van der Waals surface area contributed by atoms with Crippen LogP contribution in [0.3, 0.4) is 0 Å². The van der Waals surface area contributed by atoms with E-state index in [-0.39, 0.29) is 19.4 Å². The summed E-state index contributed by atoms with van der Waals surface area (Å²) in [5.74, 6) is -0.845. The number of allylic oxidation sites excluding steroid dienone is 8. The number of carbonyl (C=O) groups excluding carboxylic acids is 2. The van der Waals surface area contributed by atoms with Gasteiger partial charge in [0.1, 0.15) is 6.61 Å². The van der Waals surface area contributed by atoms with Crippen molar-refractivity contribution in [1.82, 2.24) is 0 Å². The van der Waals surface area contributed by atoms with Crippen molar-refractivity contribution in [2.75, 3.05) is 20.3 Å². The van der Waals surface area contributed by atoms with E-state index in [1.54, 1.807) is 0 Å². The van der Waals surface area contributed by atoms with Gasteiger partial charge in [0.2, 0.25) is 0 Å². The Labute approximate surface area is 287 Å². The molecule has 0 aromatic heterocycles. The Kier molecular flexibility index (Phi) is 32.5. The van der Waals surface area contributed by atoms with E-state index < -0.39 is 32.5 Å². The first kappa shape index (κ1) is 45.0. The predicted octanol–water partition coefficient (Wildman–Crippen LogP) is 11.1. The minimum atomic E-state index is -4.26. The Bertz CT molecular complexity index is 911. The highest BCUT2D eigenvalue weighted by atomic mass is 31.2. The first-order valence-corrected chi connectivity index (χ1v) is 19.8. The maximum absolute atomic E-state index is 12.4. The molecular formula is C38H67O8P. The average molecular weight is 683 g/mol. The fraction of sp³-hybridized carbons (Fsp3) is 0.737. The van der Waals surface area contributed by atoms with Gasteiger partial charge in [0.15, 0.2) is 6.10 Å². The largest absolute Gasteiger partial charge is 0.472 e. The first-order chi connectivity index (χ1) is 22.8. The van der Waals surface area contributed by atoms with Crippen LogP contribution in [0, 0.1) is 0 Å². The summed E-state index contributed by atoms with van der Waals surface area (Å²) in [6.07, 6.45) is 38.7. The molecule has 1 N–H and O–H groups in total. The summed E-state index contributed by atoms with van der Waals surface area (Å²) in [5.41, 5.74) is 0. The van der Waals surface area contributed by atoms with Crippen LogP contribution in [-0.4, -0.2) is 43.3 Å². The molecule has 272 valence electrons. The molecule has 0 saturated heterocycles. The molecule has 0 saturated carbocycles. The highest BCUT2D eigenvalue weighted by molar-refractivity contribution is 7.47. The van der Waals surface area contributed by atoms with Crippen molar-refractivity contribution in [3.05, 3.63) is 48.6 Å². The van der Waals surface area contributed by atoms with Crippen LogP contribution in [0.15, 0.2) is 48.6 Å². The lowest BCUT2D eigenvalue weighted by molar-refractivity contribution is -0.161. The maximum Gasteiger partial charge on any atom is 0.472 e. The zero-order chi connectivity index (χ0) is 34.7. The van der Waals surface area contributed by atoms with Crippen LogP contribution >= 0.6 is 7.82 Å². The molecule has 47 heavy (non-hydrogen) atoms. The third-order valence-corrected chi connectivity index (χ3v) is 8.44. The van der Waals surface area contributed by atoms with Gasteiger partial charge >= 0.3 is 19.8 Å². The Morgan fingerprint density at radius 1 is 0.596 bits per heavy atom. The highest BCUT2D eigenvalue weighted by Crippen LogP contribution is 2.42. The number of unbranched alkanes of at least 4 members (excludes halogenated alkanes) is 14. The summed E-state index contributed by atoms with van der Waals surface area (Å²) in [7, 11) is -3.21. The number of phosphoric ester groups is 1. The second-order valence-corrected chi connectivity index (χ2v) is 13.5. The number of phosphoric acid groups is 1. The van der Waals surface area contributed by atoms with Gasteiger partial charge in [-0.1, -0.05) is 114 Å². The van der Waals surface area contributed by atoms with E-state index in [4.69, 9.17) is 14.0 Å². The molecule has 0 bridgehead atoms. The summed E-state index contributed by atoms with van der Waals surface area (Å²) < 4.78 is 31.8. The molecule has 0 heterocycles. The summed E-state index contributed by atoms with van der Waals surface area (Å²) in [5, 5.41) is 0. The van der Waals surface area contributed by atoms with E-state index in [1.807, 2.05) is 0 Å². The fourth-order valence-corrected chi connectivity index (χ4v) is 5.11. The molecule has 0 aromatic carbocycles. The highest BCUT2D eigenvalue weighted by Gasteiger charge is 2.24. The van der Waals surface area contributed by atoms with Crippen molar-refractivity contribution < 1.29 is 37.6 Å². The summed E-state index contributed by atoms with van der Waals surface area (Å²) in [6, 6.07) is 0.